The van der Waals surface area contributed by atoms with Crippen LogP contribution < -0.4 is 0 Å². The molecule has 0 rings (SSSR count). The molecule has 0 aromatic rings. The van der Waals surface area contributed by atoms with Gasteiger partial charge in [-0.2, -0.15) is 12.6 Å². The first-order valence-corrected chi connectivity index (χ1v) is 8.64. The fourth-order valence-corrected chi connectivity index (χ4v) is 4.49. The van der Waals surface area contributed by atoms with Crippen molar-refractivity contribution in [2.45, 2.75) is 39.7 Å². The number of thiol groups is 1. The molecule has 1 atom stereocenters. The summed E-state index contributed by atoms with van der Waals surface area (Å²) in [5, 5.41) is 0. The molecular formula is C11H26O3SSi. The molecule has 0 aliphatic carbocycles. The first kappa shape index (κ1) is 16.4. The first-order valence-electron chi connectivity index (χ1n) is 6.08. The Labute approximate surface area is 107 Å². The first-order chi connectivity index (χ1) is 7.64. The van der Waals surface area contributed by atoms with Crippen molar-refractivity contribution in [3.05, 3.63) is 0 Å². The van der Waals surface area contributed by atoms with E-state index in [0.29, 0.717) is 19.1 Å². The van der Waals surface area contributed by atoms with Crippen molar-refractivity contribution in [1.29, 1.82) is 0 Å². The smallest absolute Gasteiger partial charge is 0.377 e. The molecular weight excluding hydrogens is 240 g/mol. The molecule has 0 bridgehead atoms. The maximum atomic E-state index is 5.86. The highest BCUT2D eigenvalue weighted by Gasteiger charge is 2.41. The third-order valence-corrected chi connectivity index (χ3v) is 6.00. The highest BCUT2D eigenvalue weighted by molar-refractivity contribution is 7.80. The normalized spacial score (nSPS) is 14.1. The van der Waals surface area contributed by atoms with E-state index in [9.17, 15) is 0 Å². The van der Waals surface area contributed by atoms with Crippen molar-refractivity contribution in [3.8, 4) is 0 Å². The minimum absolute atomic E-state index is 0.462. The van der Waals surface area contributed by atoms with E-state index in [-0.39, 0.29) is 0 Å². The predicted molar refractivity (Wildman–Crippen MR) is 73.1 cm³/mol. The second-order valence-electron chi connectivity index (χ2n) is 4.08. The van der Waals surface area contributed by atoms with Gasteiger partial charge in [-0.15, -0.1) is 0 Å². The Balaban J connectivity index is 4.39. The standard InChI is InChI=1S/C11H26O3SSi/c1-5-7-13-16(12-4,14-8-6-2)10-11(3)9-15/h11,15H,5-10H2,1-4H3. The van der Waals surface area contributed by atoms with E-state index in [0.717, 1.165) is 24.6 Å². The van der Waals surface area contributed by atoms with Gasteiger partial charge in [0, 0.05) is 26.4 Å². The van der Waals surface area contributed by atoms with Crippen molar-refractivity contribution in [2.24, 2.45) is 5.92 Å². The monoisotopic (exact) mass is 266 g/mol. The summed E-state index contributed by atoms with van der Waals surface area (Å²) in [5.74, 6) is 1.30. The number of rotatable bonds is 10. The Bertz CT molecular complexity index is 161. The molecule has 0 saturated carbocycles. The molecule has 3 nitrogen and oxygen atoms in total. The molecule has 0 heterocycles. The summed E-state index contributed by atoms with van der Waals surface area (Å²) < 4.78 is 17.3. The van der Waals surface area contributed by atoms with Crippen LogP contribution in [0.3, 0.4) is 0 Å². The van der Waals surface area contributed by atoms with Gasteiger partial charge in [-0.05, 0) is 24.5 Å². The van der Waals surface area contributed by atoms with Crippen LogP contribution in [-0.2, 0) is 13.3 Å². The van der Waals surface area contributed by atoms with Gasteiger partial charge < -0.3 is 13.3 Å². The van der Waals surface area contributed by atoms with E-state index >= 15 is 0 Å². The van der Waals surface area contributed by atoms with Gasteiger partial charge in [0.25, 0.3) is 0 Å². The van der Waals surface area contributed by atoms with E-state index in [1.54, 1.807) is 7.11 Å². The fourth-order valence-electron chi connectivity index (χ4n) is 1.37. The molecule has 16 heavy (non-hydrogen) atoms. The van der Waals surface area contributed by atoms with E-state index < -0.39 is 8.80 Å². The van der Waals surface area contributed by atoms with Crippen LogP contribution in [0, 0.1) is 5.92 Å². The average molecular weight is 266 g/mol. The topological polar surface area (TPSA) is 27.7 Å². The second kappa shape index (κ2) is 9.47. The van der Waals surface area contributed by atoms with Crippen LogP contribution in [0.15, 0.2) is 0 Å². The number of hydrogen-bond acceptors (Lipinski definition) is 4. The second-order valence-corrected chi connectivity index (χ2v) is 7.20. The SMILES string of the molecule is CCCO[Si](CC(C)CS)(OC)OCCC. The summed E-state index contributed by atoms with van der Waals surface area (Å²) in [4.78, 5) is 0. The Morgan fingerprint density at radius 1 is 1.12 bits per heavy atom. The van der Waals surface area contributed by atoms with Crippen LogP contribution in [0.2, 0.25) is 6.04 Å². The van der Waals surface area contributed by atoms with Crippen molar-refractivity contribution < 1.29 is 13.3 Å². The Morgan fingerprint density at radius 2 is 1.62 bits per heavy atom. The van der Waals surface area contributed by atoms with Gasteiger partial charge in [0.15, 0.2) is 0 Å². The van der Waals surface area contributed by atoms with Crippen molar-refractivity contribution in [1.82, 2.24) is 0 Å². The zero-order chi connectivity index (χ0) is 12.4. The molecule has 5 heteroatoms. The minimum Gasteiger partial charge on any atom is -0.377 e. The predicted octanol–water partition coefficient (Wildman–Crippen LogP) is 2.99. The maximum Gasteiger partial charge on any atom is 0.500 e. The molecule has 0 N–H and O–H groups in total. The summed E-state index contributed by atoms with van der Waals surface area (Å²) in [7, 11) is -0.747. The molecule has 1 unspecified atom stereocenters. The van der Waals surface area contributed by atoms with Crippen LogP contribution in [-0.4, -0.2) is 34.9 Å². The van der Waals surface area contributed by atoms with Gasteiger partial charge in [-0.3, -0.25) is 0 Å². The van der Waals surface area contributed by atoms with Crippen LogP contribution in [0.25, 0.3) is 0 Å². The molecule has 98 valence electrons. The summed E-state index contributed by atoms with van der Waals surface area (Å²) in [6.45, 7) is 7.76. The van der Waals surface area contributed by atoms with Gasteiger partial charge in [-0.1, -0.05) is 20.8 Å². The zero-order valence-corrected chi connectivity index (χ0v) is 12.9. The summed E-state index contributed by atoms with van der Waals surface area (Å²) in [5.41, 5.74) is 0. The molecule has 0 amide bonds. The lowest BCUT2D eigenvalue weighted by Crippen LogP contribution is -2.46. The molecule has 0 aliphatic heterocycles. The van der Waals surface area contributed by atoms with E-state index in [1.165, 1.54) is 0 Å². The summed E-state index contributed by atoms with van der Waals surface area (Å²) >= 11 is 4.30. The average Bonchev–Trinajstić information content (AvgIpc) is 2.32. The van der Waals surface area contributed by atoms with Gasteiger partial charge in [0.1, 0.15) is 0 Å². The quantitative estimate of drug-likeness (QED) is 0.486. The van der Waals surface area contributed by atoms with Crippen molar-refractivity contribution >= 4 is 21.4 Å². The Kier molecular flexibility index (Phi) is 9.74. The van der Waals surface area contributed by atoms with Crippen molar-refractivity contribution in [3.63, 3.8) is 0 Å². The van der Waals surface area contributed by atoms with Crippen LogP contribution in [0.4, 0.5) is 0 Å². The minimum atomic E-state index is -2.44. The molecule has 0 aromatic heterocycles. The van der Waals surface area contributed by atoms with Gasteiger partial charge in [0.05, 0.1) is 0 Å². The lowest BCUT2D eigenvalue weighted by Gasteiger charge is -2.29. The van der Waals surface area contributed by atoms with Crippen LogP contribution >= 0.6 is 12.6 Å². The molecule has 0 spiro atoms. The molecule has 0 fully saturated rings. The van der Waals surface area contributed by atoms with Crippen LogP contribution in [0.1, 0.15) is 33.6 Å². The Hall–Kier alpha value is 0.447. The van der Waals surface area contributed by atoms with Gasteiger partial charge in [0.2, 0.25) is 0 Å². The Morgan fingerprint density at radius 3 is 1.94 bits per heavy atom. The fraction of sp³-hybridized carbons (Fsp3) is 1.00. The van der Waals surface area contributed by atoms with E-state index in [1.807, 2.05) is 0 Å². The molecule has 0 aliphatic rings. The third kappa shape index (κ3) is 6.25. The molecule has 0 aromatic carbocycles. The summed E-state index contributed by atoms with van der Waals surface area (Å²) in [6.07, 6.45) is 1.98. The molecule has 0 saturated heterocycles. The van der Waals surface area contributed by atoms with Gasteiger partial charge in [-0.25, -0.2) is 0 Å². The van der Waals surface area contributed by atoms with E-state index in [4.69, 9.17) is 13.3 Å². The maximum absolute atomic E-state index is 5.86. The van der Waals surface area contributed by atoms with Gasteiger partial charge >= 0.3 is 8.80 Å². The van der Waals surface area contributed by atoms with E-state index in [2.05, 4.69) is 33.4 Å². The summed E-state index contributed by atoms with van der Waals surface area (Å²) in [6, 6.07) is 0.854. The highest BCUT2D eigenvalue weighted by Crippen LogP contribution is 2.22. The number of hydrogen-bond donors (Lipinski definition) is 1. The largest absolute Gasteiger partial charge is 0.500 e. The highest BCUT2D eigenvalue weighted by atomic mass is 32.1. The lowest BCUT2D eigenvalue weighted by atomic mass is 10.3. The lowest BCUT2D eigenvalue weighted by molar-refractivity contribution is 0.0745. The molecule has 0 radical (unpaired) electrons. The third-order valence-electron chi connectivity index (χ3n) is 2.27. The van der Waals surface area contributed by atoms with Crippen LogP contribution in [0.5, 0.6) is 0 Å². The zero-order valence-electron chi connectivity index (χ0n) is 11.0. The van der Waals surface area contributed by atoms with Crippen molar-refractivity contribution in [2.75, 3.05) is 26.1 Å².